The molecule has 2 aromatic heterocycles. The van der Waals surface area contributed by atoms with Crippen LogP contribution in [0.5, 0.6) is 0 Å². The van der Waals surface area contributed by atoms with Gasteiger partial charge in [-0.05, 0) is 63.6 Å². The van der Waals surface area contributed by atoms with Crippen molar-refractivity contribution in [3.8, 4) is 11.3 Å². The summed E-state index contributed by atoms with van der Waals surface area (Å²) >= 11 is 1.52. The summed E-state index contributed by atoms with van der Waals surface area (Å²) in [5.41, 5.74) is 3.13. The van der Waals surface area contributed by atoms with E-state index in [9.17, 15) is 9.18 Å². The highest BCUT2D eigenvalue weighted by Crippen LogP contribution is 2.35. The minimum atomic E-state index is -0.277. The van der Waals surface area contributed by atoms with Crippen LogP contribution in [0, 0.1) is 12.7 Å². The number of imidazole rings is 1. The molecule has 1 saturated heterocycles. The molecule has 0 bridgehead atoms. The third kappa shape index (κ3) is 4.73. The molecule has 182 valence electrons. The van der Waals surface area contributed by atoms with Crippen LogP contribution in [-0.4, -0.2) is 57.1 Å². The smallest absolute Gasteiger partial charge is 0.254 e. The summed E-state index contributed by atoms with van der Waals surface area (Å²) in [6.07, 6.45) is 0. The zero-order chi connectivity index (χ0) is 24.7. The van der Waals surface area contributed by atoms with Gasteiger partial charge in [0.2, 0.25) is 10.1 Å². The predicted octanol–water partition coefficient (Wildman–Crippen LogP) is 5.08. The van der Waals surface area contributed by atoms with E-state index in [1.54, 1.807) is 12.1 Å². The number of nitrogens with zero attached hydrogens (tertiary/aromatic N) is 5. The van der Waals surface area contributed by atoms with Gasteiger partial charge in [0, 0.05) is 42.8 Å². The lowest BCUT2D eigenvalue weighted by molar-refractivity contribution is 0.0746. The Morgan fingerprint density at radius 1 is 1.03 bits per heavy atom. The van der Waals surface area contributed by atoms with E-state index in [1.165, 1.54) is 23.5 Å². The summed E-state index contributed by atoms with van der Waals surface area (Å²) in [5, 5.41) is 9.29. The van der Waals surface area contributed by atoms with Crippen molar-refractivity contribution in [3.63, 3.8) is 0 Å². The summed E-state index contributed by atoms with van der Waals surface area (Å²) < 4.78 is 15.3. The number of aromatic nitrogens is 3. The number of nitrogens with one attached hydrogen (secondary N) is 1. The Morgan fingerprint density at radius 2 is 1.71 bits per heavy atom. The SMILES string of the molecule is Cc1ccccc1C(=O)N1CCN(c2nn3c(NC(C)(C)C)c(-c4ccc(F)cc4)nc3s2)CC1. The molecule has 0 atom stereocenters. The van der Waals surface area contributed by atoms with Crippen molar-refractivity contribution in [3.05, 3.63) is 65.5 Å². The second kappa shape index (κ2) is 8.96. The monoisotopic (exact) mass is 492 g/mol. The van der Waals surface area contributed by atoms with Gasteiger partial charge in [0.25, 0.3) is 5.91 Å². The number of carbonyl (C=O) groups is 1. The summed E-state index contributed by atoms with van der Waals surface area (Å²) in [6, 6.07) is 14.1. The fourth-order valence-corrected chi connectivity index (χ4v) is 5.18. The molecular weight excluding hydrogens is 463 g/mol. The molecule has 35 heavy (non-hydrogen) atoms. The van der Waals surface area contributed by atoms with Gasteiger partial charge in [-0.1, -0.05) is 29.5 Å². The van der Waals surface area contributed by atoms with Crippen molar-refractivity contribution < 1.29 is 9.18 Å². The molecule has 0 unspecified atom stereocenters. The number of halogens is 1. The van der Waals surface area contributed by atoms with E-state index in [2.05, 4.69) is 31.0 Å². The van der Waals surface area contributed by atoms with Crippen LogP contribution < -0.4 is 10.2 Å². The van der Waals surface area contributed by atoms with E-state index in [0.29, 0.717) is 26.2 Å². The van der Waals surface area contributed by atoms with Gasteiger partial charge in [-0.2, -0.15) is 4.52 Å². The van der Waals surface area contributed by atoms with Gasteiger partial charge in [0.15, 0.2) is 5.82 Å². The number of fused-ring (bicyclic) bond motifs is 1. The molecule has 3 heterocycles. The van der Waals surface area contributed by atoms with Crippen molar-refractivity contribution in [2.45, 2.75) is 33.2 Å². The average molecular weight is 493 g/mol. The van der Waals surface area contributed by atoms with Crippen LogP contribution in [0.3, 0.4) is 0 Å². The van der Waals surface area contributed by atoms with Crippen molar-refractivity contribution in [2.24, 2.45) is 0 Å². The van der Waals surface area contributed by atoms with Crippen molar-refractivity contribution >= 4 is 33.2 Å². The van der Waals surface area contributed by atoms with Crippen LogP contribution in [0.25, 0.3) is 16.2 Å². The van der Waals surface area contributed by atoms with Gasteiger partial charge in [-0.3, -0.25) is 4.79 Å². The van der Waals surface area contributed by atoms with Crippen LogP contribution in [0.4, 0.5) is 15.3 Å². The largest absolute Gasteiger partial charge is 0.364 e. The maximum Gasteiger partial charge on any atom is 0.254 e. The Bertz CT molecular complexity index is 1360. The van der Waals surface area contributed by atoms with E-state index in [0.717, 1.165) is 38.3 Å². The number of aryl methyl sites for hydroxylation is 1. The lowest BCUT2D eigenvalue weighted by Gasteiger charge is -2.34. The first-order valence-corrected chi connectivity index (χ1v) is 12.5. The fraction of sp³-hybridized carbons (Fsp3) is 0.346. The zero-order valence-electron chi connectivity index (χ0n) is 20.4. The van der Waals surface area contributed by atoms with Crippen LogP contribution in [0.2, 0.25) is 0 Å². The highest BCUT2D eigenvalue weighted by Gasteiger charge is 2.27. The second-order valence-corrected chi connectivity index (χ2v) is 10.8. The molecule has 0 radical (unpaired) electrons. The molecule has 1 aliphatic rings. The molecule has 1 amide bonds. The summed E-state index contributed by atoms with van der Waals surface area (Å²) in [7, 11) is 0. The standard InChI is InChI=1S/C26H29FN6OS/c1-17-7-5-6-8-20(17)23(34)31-13-15-32(16-14-31)25-30-33-22(29-26(2,3)4)21(28-24(33)35-25)18-9-11-19(27)12-10-18/h5-12,29H,13-16H2,1-4H3. The fourth-order valence-electron chi connectivity index (χ4n) is 4.23. The Hall–Kier alpha value is -3.46. The normalized spacial score (nSPS) is 14.5. The molecule has 7 nitrogen and oxygen atoms in total. The Labute approximate surface area is 208 Å². The Balaban J connectivity index is 1.39. The van der Waals surface area contributed by atoms with Crippen LogP contribution in [0.1, 0.15) is 36.7 Å². The van der Waals surface area contributed by atoms with Crippen LogP contribution >= 0.6 is 11.3 Å². The molecule has 1 fully saturated rings. The summed E-state index contributed by atoms with van der Waals surface area (Å²) in [5.74, 6) is 0.591. The molecule has 2 aromatic carbocycles. The molecule has 4 aromatic rings. The molecule has 1 N–H and O–H groups in total. The Kier molecular flexibility index (Phi) is 5.96. The quantitative estimate of drug-likeness (QED) is 0.431. The first-order valence-electron chi connectivity index (χ1n) is 11.7. The van der Waals surface area contributed by atoms with Gasteiger partial charge < -0.3 is 15.1 Å². The third-order valence-electron chi connectivity index (χ3n) is 6.02. The van der Waals surface area contributed by atoms with Gasteiger partial charge in [-0.15, -0.1) is 5.10 Å². The third-order valence-corrected chi connectivity index (χ3v) is 6.99. The van der Waals surface area contributed by atoms with Crippen LogP contribution in [0.15, 0.2) is 48.5 Å². The molecular formula is C26H29FN6OS. The predicted molar refractivity (Wildman–Crippen MR) is 139 cm³/mol. The highest BCUT2D eigenvalue weighted by molar-refractivity contribution is 7.20. The molecule has 1 aliphatic heterocycles. The lowest BCUT2D eigenvalue weighted by Crippen LogP contribution is -2.49. The van der Waals surface area contributed by atoms with E-state index >= 15 is 0 Å². The number of hydrogen-bond donors (Lipinski definition) is 1. The Morgan fingerprint density at radius 3 is 2.37 bits per heavy atom. The average Bonchev–Trinajstić information content (AvgIpc) is 3.38. The van der Waals surface area contributed by atoms with Gasteiger partial charge in [-0.25, -0.2) is 9.37 Å². The molecule has 0 spiro atoms. The number of rotatable bonds is 4. The minimum absolute atomic E-state index is 0.0808. The first kappa shape index (κ1) is 23.3. The number of amides is 1. The number of carbonyl (C=O) groups excluding carboxylic acids is 1. The second-order valence-electron chi connectivity index (χ2n) is 9.86. The van der Waals surface area contributed by atoms with E-state index in [1.807, 2.05) is 40.6 Å². The van der Waals surface area contributed by atoms with E-state index in [-0.39, 0.29) is 17.3 Å². The van der Waals surface area contributed by atoms with Crippen molar-refractivity contribution in [1.29, 1.82) is 0 Å². The van der Waals surface area contributed by atoms with E-state index < -0.39 is 0 Å². The zero-order valence-corrected chi connectivity index (χ0v) is 21.2. The summed E-state index contributed by atoms with van der Waals surface area (Å²) in [6.45, 7) is 10.9. The lowest BCUT2D eigenvalue weighted by atomic mass is 10.1. The van der Waals surface area contributed by atoms with E-state index in [4.69, 9.17) is 10.1 Å². The molecule has 5 rings (SSSR count). The number of piperazine rings is 1. The van der Waals surface area contributed by atoms with Crippen LogP contribution in [-0.2, 0) is 0 Å². The number of benzene rings is 2. The van der Waals surface area contributed by atoms with Gasteiger partial charge in [0.05, 0.1) is 0 Å². The highest BCUT2D eigenvalue weighted by atomic mass is 32.1. The van der Waals surface area contributed by atoms with Gasteiger partial charge in [0.1, 0.15) is 11.5 Å². The van der Waals surface area contributed by atoms with Crippen molar-refractivity contribution in [1.82, 2.24) is 19.5 Å². The first-order chi connectivity index (χ1) is 16.7. The van der Waals surface area contributed by atoms with Gasteiger partial charge >= 0.3 is 0 Å². The molecule has 9 heteroatoms. The topological polar surface area (TPSA) is 65.8 Å². The number of hydrogen-bond acceptors (Lipinski definition) is 6. The maximum atomic E-state index is 13.5. The molecule has 0 aliphatic carbocycles. The number of anilines is 2. The molecule has 0 saturated carbocycles. The maximum absolute atomic E-state index is 13.5. The van der Waals surface area contributed by atoms with Crippen molar-refractivity contribution in [2.75, 3.05) is 36.4 Å². The minimum Gasteiger partial charge on any atom is -0.364 e. The summed E-state index contributed by atoms with van der Waals surface area (Å²) in [4.78, 5) is 22.7.